The molecule has 4 aromatic rings. The predicted molar refractivity (Wildman–Crippen MR) is 113 cm³/mol. The Kier molecular flexibility index (Phi) is 4.35. The Morgan fingerprint density at radius 3 is 2.60 bits per heavy atom. The lowest BCUT2D eigenvalue weighted by molar-refractivity contribution is 0.407. The molecule has 4 heterocycles. The average Bonchev–Trinajstić information content (AvgIpc) is 3.24. The second kappa shape index (κ2) is 6.94. The number of aryl methyl sites for hydroxylation is 1. The van der Waals surface area contributed by atoms with Gasteiger partial charge in [-0.15, -0.1) is 0 Å². The van der Waals surface area contributed by atoms with Crippen LogP contribution < -0.4 is 15.5 Å². The predicted octanol–water partition coefficient (Wildman–Crippen LogP) is 3.73. The van der Waals surface area contributed by atoms with E-state index >= 15 is 4.39 Å². The molecule has 1 fully saturated rings. The fourth-order valence-corrected chi connectivity index (χ4v) is 4.29. The highest BCUT2D eigenvalue weighted by molar-refractivity contribution is 5.94. The number of aromatic amines is 1. The maximum Gasteiger partial charge on any atom is 0.173 e. The molecule has 1 aromatic carbocycles. The second-order valence-electron chi connectivity index (χ2n) is 8.11. The summed E-state index contributed by atoms with van der Waals surface area (Å²) in [5.41, 5.74) is 2.83. The van der Waals surface area contributed by atoms with Crippen molar-refractivity contribution in [2.75, 3.05) is 23.3 Å². The lowest BCUT2D eigenvalue weighted by atomic mass is 10.1. The number of nitrogens with one attached hydrogen (secondary N) is 3. The zero-order valence-corrected chi connectivity index (χ0v) is 17.0. The van der Waals surface area contributed by atoms with Gasteiger partial charge in [0.15, 0.2) is 17.3 Å². The van der Waals surface area contributed by atoms with Gasteiger partial charge in [-0.3, -0.25) is 5.10 Å². The van der Waals surface area contributed by atoms with Crippen molar-refractivity contribution >= 4 is 33.7 Å². The van der Waals surface area contributed by atoms with Gasteiger partial charge >= 0.3 is 0 Å². The summed E-state index contributed by atoms with van der Waals surface area (Å²) in [7, 11) is 0. The van der Waals surface area contributed by atoms with E-state index in [0.717, 1.165) is 18.8 Å². The molecule has 7 nitrogen and oxygen atoms in total. The standard InChI is InChI=1S/C21H23F2N7/c1-11-7-29(8-12(2)24-11)15-5-16(22)19-18(6-15)27-28-20(19)26-14-4-17(23)21-25-13(3)9-30(21)10-14/h4-6,9-12,24H,7-8H2,1-3H3,(H2,26,27,28)/t11-,12-/m0/s1. The molecule has 3 N–H and O–H groups in total. The van der Waals surface area contributed by atoms with E-state index < -0.39 is 5.82 Å². The Balaban J connectivity index is 1.49. The second-order valence-corrected chi connectivity index (χ2v) is 8.11. The van der Waals surface area contributed by atoms with Crippen LogP contribution in [0, 0.1) is 18.6 Å². The van der Waals surface area contributed by atoms with E-state index in [1.54, 1.807) is 23.7 Å². The number of benzene rings is 1. The largest absolute Gasteiger partial charge is 0.368 e. The molecule has 1 saturated heterocycles. The van der Waals surface area contributed by atoms with Gasteiger partial charge in [0.05, 0.1) is 22.3 Å². The first-order chi connectivity index (χ1) is 14.4. The molecule has 30 heavy (non-hydrogen) atoms. The van der Waals surface area contributed by atoms with Crippen LogP contribution in [-0.2, 0) is 0 Å². The van der Waals surface area contributed by atoms with E-state index in [9.17, 15) is 4.39 Å². The smallest absolute Gasteiger partial charge is 0.173 e. The molecule has 1 aliphatic rings. The number of pyridine rings is 1. The first-order valence-electron chi connectivity index (χ1n) is 9.98. The van der Waals surface area contributed by atoms with E-state index in [0.29, 0.717) is 40.2 Å². The summed E-state index contributed by atoms with van der Waals surface area (Å²) < 4.78 is 31.1. The molecule has 0 bridgehead atoms. The summed E-state index contributed by atoms with van der Waals surface area (Å²) in [6, 6.07) is 5.42. The molecule has 5 rings (SSSR count). The zero-order chi connectivity index (χ0) is 21.0. The molecular formula is C21H23F2N7. The fraction of sp³-hybridized carbons (Fsp3) is 0.333. The Labute approximate surface area is 172 Å². The van der Waals surface area contributed by atoms with E-state index in [2.05, 4.69) is 44.6 Å². The lowest BCUT2D eigenvalue weighted by Crippen LogP contribution is -2.54. The number of imidazole rings is 1. The third-order valence-electron chi connectivity index (χ3n) is 5.41. The van der Waals surface area contributed by atoms with Gasteiger partial charge in [-0.1, -0.05) is 0 Å². The summed E-state index contributed by atoms with van der Waals surface area (Å²) in [6.07, 6.45) is 3.43. The van der Waals surface area contributed by atoms with Crippen molar-refractivity contribution in [1.82, 2.24) is 24.9 Å². The van der Waals surface area contributed by atoms with Crippen LogP contribution >= 0.6 is 0 Å². The van der Waals surface area contributed by atoms with Gasteiger partial charge in [0, 0.05) is 49.3 Å². The zero-order valence-electron chi connectivity index (χ0n) is 17.0. The van der Waals surface area contributed by atoms with Crippen molar-refractivity contribution < 1.29 is 8.78 Å². The number of aromatic nitrogens is 4. The van der Waals surface area contributed by atoms with Crippen LogP contribution in [-0.4, -0.2) is 44.8 Å². The number of piperazine rings is 1. The first kappa shape index (κ1) is 18.8. The molecular weight excluding hydrogens is 388 g/mol. The average molecular weight is 411 g/mol. The highest BCUT2D eigenvalue weighted by atomic mass is 19.1. The van der Waals surface area contributed by atoms with Gasteiger partial charge in [0.2, 0.25) is 0 Å². The Bertz CT molecular complexity index is 1240. The van der Waals surface area contributed by atoms with Gasteiger partial charge in [-0.05, 0) is 32.9 Å². The summed E-state index contributed by atoms with van der Waals surface area (Å²) >= 11 is 0. The Morgan fingerprint density at radius 2 is 1.83 bits per heavy atom. The highest BCUT2D eigenvalue weighted by Crippen LogP contribution is 2.31. The number of anilines is 3. The van der Waals surface area contributed by atoms with Crippen molar-refractivity contribution in [3.8, 4) is 0 Å². The normalized spacial score (nSPS) is 19.7. The van der Waals surface area contributed by atoms with E-state index in [1.807, 2.05) is 6.07 Å². The summed E-state index contributed by atoms with van der Waals surface area (Å²) in [5, 5.41) is 14.0. The summed E-state index contributed by atoms with van der Waals surface area (Å²) in [6.45, 7) is 7.64. The molecule has 156 valence electrons. The van der Waals surface area contributed by atoms with E-state index in [4.69, 9.17) is 0 Å². The molecule has 0 saturated carbocycles. The first-order valence-corrected chi connectivity index (χ1v) is 9.98. The topological polar surface area (TPSA) is 73.3 Å². The number of H-pyrrole nitrogens is 1. The monoisotopic (exact) mass is 411 g/mol. The maximum atomic E-state index is 15.1. The Hall–Kier alpha value is -3.20. The van der Waals surface area contributed by atoms with E-state index in [-0.39, 0.29) is 11.5 Å². The van der Waals surface area contributed by atoms with Crippen molar-refractivity contribution in [2.24, 2.45) is 0 Å². The van der Waals surface area contributed by atoms with Crippen molar-refractivity contribution in [3.05, 3.63) is 47.9 Å². The summed E-state index contributed by atoms with van der Waals surface area (Å²) in [5.74, 6) is -0.526. The third-order valence-corrected chi connectivity index (χ3v) is 5.41. The molecule has 0 spiro atoms. The molecule has 1 aliphatic heterocycles. The lowest BCUT2D eigenvalue weighted by Gasteiger charge is -2.37. The minimum atomic E-state index is -0.461. The molecule has 0 aliphatic carbocycles. The molecule has 3 aromatic heterocycles. The number of fused-ring (bicyclic) bond motifs is 2. The van der Waals surface area contributed by atoms with Crippen LogP contribution in [0.5, 0.6) is 0 Å². The van der Waals surface area contributed by atoms with Crippen LogP contribution in [0.3, 0.4) is 0 Å². The number of halogens is 2. The van der Waals surface area contributed by atoms with Crippen molar-refractivity contribution in [3.63, 3.8) is 0 Å². The van der Waals surface area contributed by atoms with Crippen molar-refractivity contribution in [1.29, 1.82) is 0 Å². The summed E-state index contributed by atoms with van der Waals surface area (Å²) in [4.78, 5) is 6.32. The number of nitrogens with zero attached hydrogens (tertiary/aromatic N) is 4. The van der Waals surface area contributed by atoms with Crippen LogP contribution in [0.25, 0.3) is 16.6 Å². The molecule has 0 radical (unpaired) electrons. The van der Waals surface area contributed by atoms with Crippen LogP contribution in [0.1, 0.15) is 19.5 Å². The van der Waals surface area contributed by atoms with E-state index in [1.165, 1.54) is 12.1 Å². The molecule has 0 amide bonds. The van der Waals surface area contributed by atoms with Crippen LogP contribution in [0.15, 0.2) is 30.6 Å². The van der Waals surface area contributed by atoms with Gasteiger partial charge in [-0.25, -0.2) is 13.8 Å². The number of hydrogen-bond donors (Lipinski definition) is 3. The van der Waals surface area contributed by atoms with Gasteiger partial charge in [0.25, 0.3) is 0 Å². The number of hydrogen-bond acceptors (Lipinski definition) is 5. The minimum absolute atomic E-state index is 0.250. The molecule has 0 unspecified atom stereocenters. The van der Waals surface area contributed by atoms with Gasteiger partial charge < -0.3 is 19.9 Å². The van der Waals surface area contributed by atoms with Crippen molar-refractivity contribution in [2.45, 2.75) is 32.9 Å². The molecule has 2 atom stereocenters. The fourth-order valence-electron chi connectivity index (χ4n) is 4.29. The van der Waals surface area contributed by atoms with Gasteiger partial charge in [0.1, 0.15) is 5.82 Å². The van der Waals surface area contributed by atoms with Crippen LogP contribution in [0.4, 0.5) is 26.0 Å². The SMILES string of the molecule is Cc1cn2cc(Nc3n[nH]c4cc(N5C[C@H](C)N[C@@H](C)C5)cc(F)c34)cc(F)c2n1. The number of rotatable bonds is 3. The molecule has 9 heteroatoms. The van der Waals surface area contributed by atoms with Crippen LogP contribution in [0.2, 0.25) is 0 Å². The highest BCUT2D eigenvalue weighted by Gasteiger charge is 2.23. The Morgan fingerprint density at radius 1 is 1.07 bits per heavy atom. The maximum absolute atomic E-state index is 15.1. The minimum Gasteiger partial charge on any atom is -0.368 e. The van der Waals surface area contributed by atoms with Gasteiger partial charge in [-0.2, -0.15) is 5.10 Å². The quantitative estimate of drug-likeness (QED) is 0.479. The third kappa shape index (κ3) is 3.24.